The Morgan fingerprint density at radius 2 is 1.33 bits per heavy atom. The van der Waals surface area contributed by atoms with Gasteiger partial charge in [0.25, 0.3) is 0 Å². The standard InChI is InChI=1S/2C5H5.C2H5O.C2H7Si.CH3.CH2.2ClH.Zr/c2*1-2-4-5-3-1;1-2-3;1-3-2;;;;;/h2*1-3H,4H2;3H,1-2H2;3H,1-2H3;1H3;1H2;2*1H;/q3*-1;;-1;;;;. The third kappa shape index (κ3) is 63.7. The molecule has 0 aromatic rings. The number of aliphatic hydroxyl groups excluding tert-OH is 1. The number of rotatable bonds is 0. The van der Waals surface area contributed by atoms with Crippen LogP contribution in [0.2, 0.25) is 13.1 Å². The van der Waals surface area contributed by atoms with Gasteiger partial charge in [0.15, 0.2) is 0 Å². The first kappa shape index (κ1) is 37.6. The molecule has 0 aromatic carbocycles. The molecule has 2 aliphatic rings. The van der Waals surface area contributed by atoms with Crippen LogP contribution in [0.25, 0.3) is 0 Å². The summed E-state index contributed by atoms with van der Waals surface area (Å²) in [5, 5.41) is 7.46. The van der Waals surface area contributed by atoms with Gasteiger partial charge < -0.3 is 19.5 Å². The Bertz CT molecular complexity index is 198. The van der Waals surface area contributed by atoms with E-state index in [9.17, 15) is 0 Å². The second-order valence-electron chi connectivity index (χ2n) is 2.81. The molecule has 0 atom stereocenters. The van der Waals surface area contributed by atoms with Gasteiger partial charge in [-0.1, -0.05) is 19.7 Å². The third-order valence-corrected chi connectivity index (χ3v) is 1.17. The molecule has 0 bridgehead atoms. The van der Waals surface area contributed by atoms with Gasteiger partial charge in [0.05, 0.1) is 0 Å². The first-order chi connectivity index (χ1) is 8.83. The molecule has 1 radical (unpaired) electrons. The van der Waals surface area contributed by atoms with Crippen molar-refractivity contribution in [3.05, 3.63) is 63.0 Å². The van der Waals surface area contributed by atoms with E-state index in [2.05, 4.69) is 48.5 Å². The minimum atomic E-state index is 0. The maximum absolute atomic E-state index is 7.46. The summed E-state index contributed by atoms with van der Waals surface area (Å²) in [6.45, 7) is 7.46. The molecule has 0 aliphatic heterocycles. The van der Waals surface area contributed by atoms with E-state index in [4.69, 9.17) is 5.11 Å². The predicted octanol–water partition coefficient (Wildman–Crippen LogP) is 4.20. The molecular weight excluding hydrogens is 398 g/mol. The number of allylic oxidation sites excluding steroid dienone is 8. The summed E-state index contributed by atoms with van der Waals surface area (Å²) in [6.07, 6.45) is 20.0. The molecule has 0 unspecified atom stereocenters. The van der Waals surface area contributed by atoms with Crippen molar-refractivity contribution in [3.63, 3.8) is 0 Å². The molecule has 0 spiro atoms. The van der Waals surface area contributed by atoms with Crippen molar-refractivity contribution < 1.29 is 29.3 Å². The topological polar surface area (TPSA) is 20.2 Å². The number of hydrogen-bond acceptors (Lipinski definition) is 1. The minimum Gasteiger partial charge on any atom is -0.358 e. The van der Waals surface area contributed by atoms with Crippen LogP contribution in [0.4, 0.5) is 0 Å². The van der Waals surface area contributed by atoms with Gasteiger partial charge in [0.2, 0.25) is 0 Å². The Balaban J connectivity index is -0.0000000337. The van der Waals surface area contributed by atoms with Crippen molar-refractivity contribution in [2.45, 2.75) is 25.9 Å². The smallest absolute Gasteiger partial charge is 0.358 e. The zero-order chi connectivity index (χ0) is 14.5. The summed E-state index contributed by atoms with van der Waals surface area (Å²) in [4.78, 5) is 0. The van der Waals surface area contributed by atoms with Crippen LogP contribution >= 0.6 is 24.8 Å². The van der Waals surface area contributed by atoms with E-state index in [1.54, 1.807) is 0 Å². The fourth-order valence-electron chi connectivity index (χ4n) is 0.680. The molecule has 125 valence electrons. The molecule has 2 rings (SSSR count). The zero-order valence-electron chi connectivity index (χ0n) is 13.3. The zero-order valence-corrected chi connectivity index (χ0v) is 18.6. The fourth-order valence-corrected chi connectivity index (χ4v) is 0.680. The first-order valence-electron chi connectivity index (χ1n) is 5.76. The maximum atomic E-state index is 7.46. The number of halogens is 2. The molecule has 21 heavy (non-hydrogen) atoms. The third-order valence-electron chi connectivity index (χ3n) is 1.17. The van der Waals surface area contributed by atoms with Crippen molar-refractivity contribution in [1.82, 2.24) is 0 Å². The molecule has 2 aliphatic carbocycles. The van der Waals surface area contributed by atoms with Crippen molar-refractivity contribution >= 4 is 38.5 Å². The second-order valence-corrected chi connectivity index (χ2v) is 3.96. The van der Waals surface area contributed by atoms with Gasteiger partial charge in [0, 0.05) is 9.52 Å². The summed E-state index contributed by atoms with van der Waals surface area (Å²) < 4.78 is 3.34. The summed E-state index contributed by atoms with van der Waals surface area (Å²) in [5.74, 6) is 0. The molecule has 0 amide bonds. The Morgan fingerprint density at radius 3 is 1.38 bits per heavy atom. The Labute approximate surface area is 162 Å². The Kier molecular flexibility index (Phi) is 89.3. The summed E-state index contributed by atoms with van der Waals surface area (Å²) in [5.41, 5.74) is 0. The van der Waals surface area contributed by atoms with E-state index in [0.717, 1.165) is 22.4 Å². The molecule has 0 saturated heterocycles. The van der Waals surface area contributed by atoms with Crippen LogP contribution in [0.15, 0.2) is 36.5 Å². The van der Waals surface area contributed by atoms with E-state index in [1.165, 1.54) is 24.2 Å². The average molecular weight is 428 g/mol. The van der Waals surface area contributed by atoms with E-state index < -0.39 is 0 Å². The molecular formula is C16H29Cl2OSiZr-4. The fraction of sp³-hybridized carbons (Fsp3) is 0.312. The van der Waals surface area contributed by atoms with Crippen LogP contribution in [0.5, 0.6) is 0 Å². The molecule has 0 saturated carbocycles. The maximum Gasteiger partial charge on any atom is -0.358 e. The van der Waals surface area contributed by atoms with Crippen LogP contribution in [0.3, 0.4) is 0 Å². The summed E-state index contributed by atoms with van der Waals surface area (Å²) in [6, 6.07) is 0. The van der Waals surface area contributed by atoms with Crippen molar-refractivity contribution in [3.8, 4) is 0 Å². The van der Waals surface area contributed by atoms with Crippen molar-refractivity contribution in [1.29, 1.82) is 0 Å². The van der Waals surface area contributed by atoms with Gasteiger partial charge in [-0.05, 0) is 0 Å². The Hall–Kier alpha value is 0.470. The first-order valence-corrected chi connectivity index (χ1v) is 9.81. The second kappa shape index (κ2) is 49.9. The molecule has 1 N–H and O–H groups in total. The van der Waals surface area contributed by atoms with Crippen molar-refractivity contribution in [2.24, 2.45) is 0 Å². The van der Waals surface area contributed by atoms with Gasteiger partial charge in [-0.3, -0.25) is 12.2 Å². The van der Waals surface area contributed by atoms with Crippen LogP contribution in [-0.4, -0.2) is 25.4 Å². The molecule has 0 heterocycles. The van der Waals surface area contributed by atoms with Crippen molar-refractivity contribution in [2.75, 3.05) is 6.61 Å². The normalized spacial score (nSPS) is 10.2. The average Bonchev–Trinajstić information content (AvgIpc) is 3.12. The minimum absolute atomic E-state index is 0. The summed E-state index contributed by atoms with van der Waals surface area (Å²) >= 11 is 1.30. The van der Waals surface area contributed by atoms with Gasteiger partial charge in [-0.15, -0.1) is 37.7 Å². The van der Waals surface area contributed by atoms with Gasteiger partial charge in [-0.25, -0.2) is 24.3 Å². The number of aliphatic hydroxyl groups is 1. The molecule has 1 nitrogen and oxygen atoms in total. The van der Waals surface area contributed by atoms with E-state index in [0.29, 0.717) is 0 Å². The Morgan fingerprint density at radius 1 is 1.10 bits per heavy atom. The van der Waals surface area contributed by atoms with E-state index in [1.807, 2.05) is 24.3 Å². The molecule has 5 heteroatoms. The number of hydrogen-bond donors (Lipinski definition) is 1. The SMILES string of the molecule is C[SiH]C.Cl.Cl.[C-]1=CC=CC1.[C-]1=CC=CC1.[CH2-]CO.[CH2]=[Zr].[CH3-]. The van der Waals surface area contributed by atoms with Crippen LogP contribution in [0, 0.1) is 26.5 Å². The largest absolute Gasteiger partial charge is 0.358 e. The predicted molar refractivity (Wildman–Crippen MR) is 102 cm³/mol. The van der Waals surface area contributed by atoms with Gasteiger partial charge in [0.1, 0.15) is 0 Å². The summed E-state index contributed by atoms with van der Waals surface area (Å²) in [7, 11) is 0.750. The van der Waals surface area contributed by atoms with E-state index in [-0.39, 0.29) is 38.8 Å². The van der Waals surface area contributed by atoms with Crippen LogP contribution in [0.1, 0.15) is 12.8 Å². The monoisotopic (exact) mass is 425 g/mol. The van der Waals surface area contributed by atoms with Crippen LogP contribution in [-0.2, 0) is 24.2 Å². The van der Waals surface area contributed by atoms with E-state index >= 15 is 0 Å². The van der Waals surface area contributed by atoms with Gasteiger partial charge in [-0.2, -0.15) is 12.2 Å². The van der Waals surface area contributed by atoms with Crippen LogP contribution < -0.4 is 0 Å². The molecule has 0 aromatic heterocycles. The van der Waals surface area contributed by atoms with Gasteiger partial charge >= 0.3 is 28.4 Å². The molecule has 0 fully saturated rings. The quantitative estimate of drug-likeness (QED) is 0.454.